The van der Waals surface area contributed by atoms with Crippen molar-refractivity contribution in [3.8, 4) is 0 Å². The fraction of sp³-hybridized carbons (Fsp3) is 0.692. The fourth-order valence-electron chi connectivity index (χ4n) is 2.45. The van der Waals surface area contributed by atoms with E-state index >= 15 is 0 Å². The Kier molecular flexibility index (Phi) is 4.55. The Morgan fingerprint density at radius 3 is 2.74 bits per heavy atom. The van der Waals surface area contributed by atoms with Gasteiger partial charge in [0.2, 0.25) is 0 Å². The third kappa shape index (κ3) is 2.96. The second-order valence-electron chi connectivity index (χ2n) is 4.63. The van der Waals surface area contributed by atoms with Crippen molar-refractivity contribution in [2.45, 2.75) is 25.7 Å². The lowest BCUT2D eigenvalue weighted by Crippen LogP contribution is -2.37. The van der Waals surface area contributed by atoms with Gasteiger partial charge >= 0.3 is 5.97 Å². The molecule has 6 heteroatoms. The first kappa shape index (κ1) is 14.0. The molecule has 1 saturated heterocycles. The van der Waals surface area contributed by atoms with E-state index < -0.39 is 11.9 Å². The molecule has 0 aromatic carbocycles. The molecular weight excluding hydrogens is 252 g/mol. The zero-order chi connectivity index (χ0) is 13.8. The molecule has 0 radical (unpaired) electrons. The van der Waals surface area contributed by atoms with E-state index in [-0.39, 0.29) is 18.3 Å². The highest BCUT2D eigenvalue weighted by atomic mass is 16.7. The van der Waals surface area contributed by atoms with Gasteiger partial charge in [-0.1, -0.05) is 0 Å². The number of aldehydes is 1. The summed E-state index contributed by atoms with van der Waals surface area (Å²) in [6, 6.07) is 0. The summed E-state index contributed by atoms with van der Waals surface area (Å²) in [6.45, 7) is 2.87. The Hall–Kier alpha value is -1.40. The third-order valence-corrected chi connectivity index (χ3v) is 3.53. The average molecular weight is 270 g/mol. The first-order valence-electron chi connectivity index (χ1n) is 6.29. The molecule has 6 nitrogen and oxygen atoms in total. The van der Waals surface area contributed by atoms with Crippen LogP contribution in [0, 0.1) is 11.8 Å². The second kappa shape index (κ2) is 6.16. The van der Waals surface area contributed by atoms with Gasteiger partial charge in [0.25, 0.3) is 0 Å². The van der Waals surface area contributed by atoms with E-state index in [0.717, 1.165) is 6.29 Å². The van der Waals surface area contributed by atoms with E-state index in [1.165, 1.54) is 13.4 Å². The highest BCUT2D eigenvalue weighted by Gasteiger charge is 2.39. The van der Waals surface area contributed by atoms with Crippen molar-refractivity contribution in [1.82, 2.24) is 0 Å². The highest BCUT2D eigenvalue weighted by Crippen LogP contribution is 2.34. The fourth-order valence-corrected chi connectivity index (χ4v) is 2.45. The molecule has 0 amide bonds. The van der Waals surface area contributed by atoms with Crippen LogP contribution in [-0.4, -0.2) is 45.0 Å². The lowest BCUT2D eigenvalue weighted by molar-refractivity contribution is -0.139. The van der Waals surface area contributed by atoms with E-state index in [4.69, 9.17) is 18.9 Å². The quantitative estimate of drug-likeness (QED) is 0.552. The first-order valence-corrected chi connectivity index (χ1v) is 6.29. The molecule has 3 atom stereocenters. The van der Waals surface area contributed by atoms with Gasteiger partial charge in [-0.15, -0.1) is 0 Å². The van der Waals surface area contributed by atoms with Gasteiger partial charge in [-0.05, 0) is 6.92 Å². The summed E-state index contributed by atoms with van der Waals surface area (Å²) in [5.74, 6) is -1.20. The molecule has 0 saturated carbocycles. The minimum absolute atomic E-state index is 0.280. The number of hydrogen-bond donors (Lipinski definition) is 0. The number of esters is 1. The largest absolute Gasteiger partial charge is 0.497 e. The number of methoxy groups -OCH3 is 1. The molecule has 0 aromatic heterocycles. The Bertz CT molecular complexity index is 371. The maximum atomic E-state index is 11.8. The summed E-state index contributed by atoms with van der Waals surface area (Å²) >= 11 is 0. The van der Waals surface area contributed by atoms with Gasteiger partial charge in [-0.25, -0.2) is 4.79 Å². The lowest BCUT2D eigenvalue weighted by Gasteiger charge is -2.33. The van der Waals surface area contributed by atoms with Crippen molar-refractivity contribution in [2.24, 2.45) is 11.8 Å². The van der Waals surface area contributed by atoms with Crippen LogP contribution < -0.4 is 0 Å². The Morgan fingerprint density at radius 1 is 1.47 bits per heavy atom. The summed E-state index contributed by atoms with van der Waals surface area (Å²) in [7, 11) is 1.30. The summed E-state index contributed by atoms with van der Waals surface area (Å²) in [5, 5.41) is 0. The first-order chi connectivity index (χ1) is 9.17. The van der Waals surface area contributed by atoms with E-state index in [1.54, 1.807) is 6.92 Å². The topological polar surface area (TPSA) is 71.1 Å². The zero-order valence-electron chi connectivity index (χ0n) is 11.0. The predicted molar refractivity (Wildman–Crippen MR) is 64.0 cm³/mol. The Morgan fingerprint density at radius 2 is 2.16 bits per heavy atom. The molecule has 106 valence electrons. The van der Waals surface area contributed by atoms with Crippen LogP contribution in [0.15, 0.2) is 11.8 Å². The van der Waals surface area contributed by atoms with Crippen molar-refractivity contribution in [2.75, 3.05) is 20.3 Å². The number of carbonyl (C=O) groups excluding carboxylic acids is 2. The van der Waals surface area contributed by atoms with Crippen molar-refractivity contribution < 1.29 is 28.5 Å². The molecule has 0 aliphatic carbocycles. The normalized spacial score (nSPS) is 31.5. The zero-order valence-corrected chi connectivity index (χ0v) is 11.0. The summed E-state index contributed by atoms with van der Waals surface area (Å²) in [6.07, 6.45) is 1.98. The summed E-state index contributed by atoms with van der Waals surface area (Å²) in [5.41, 5.74) is 0.358. The predicted octanol–water partition coefficient (Wildman–Crippen LogP) is 0.656. The van der Waals surface area contributed by atoms with Gasteiger partial charge in [0.1, 0.15) is 12.4 Å². The molecule has 19 heavy (non-hydrogen) atoms. The van der Waals surface area contributed by atoms with Crippen LogP contribution in [0.1, 0.15) is 13.3 Å². The molecule has 0 bridgehead atoms. The molecular formula is C13H18O6. The standard InChI is InChI=1S/C13H18O6/c1-8-10(6-14)9(5-12-17-3-4-18-12)11(7-19-8)13(15)16-2/h6-10,12H,3-5H2,1-2H3/t8-,9-,10+/m0/s1. The van der Waals surface area contributed by atoms with E-state index in [2.05, 4.69) is 0 Å². The maximum Gasteiger partial charge on any atom is 0.337 e. The SMILES string of the molecule is COC(=O)C1=CO[C@@H](C)[C@@H](C=O)[C@@H]1CC1OCCO1. The van der Waals surface area contributed by atoms with Crippen LogP contribution in [0.5, 0.6) is 0 Å². The van der Waals surface area contributed by atoms with Crippen LogP contribution in [0.2, 0.25) is 0 Å². The van der Waals surface area contributed by atoms with Crippen molar-refractivity contribution in [3.05, 3.63) is 11.8 Å². The van der Waals surface area contributed by atoms with Gasteiger partial charge in [-0.2, -0.15) is 0 Å². The van der Waals surface area contributed by atoms with Gasteiger partial charge < -0.3 is 23.7 Å². The number of carbonyl (C=O) groups is 2. The van der Waals surface area contributed by atoms with Crippen molar-refractivity contribution >= 4 is 12.3 Å². The minimum Gasteiger partial charge on any atom is -0.497 e. The van der Waals surface area contributed by atoms with Gasteiger partial charge in [0, 0.05) is 12.3 Å². The lowest BCUT2D eigenvalue weighted by atomic mass is 9.80. The third-order valence-electron chi connectivity index (χ3n) is 3.53. The van der Waals surface area contributed by atoms with Crippen molar-refractivity contribution in [1.29, 1.82) is 0 Å². The highest BCUT2D eigenvalue weighted by molar-refractivity contribution is 5.89. The van der Waals surface area contributed by atoms with Crippen LogP contribution in [0.25, 0.3) is 0 Å². The monoisotopic (exact) mass is 270 g/mol. The van der Waals surface area contributed by atoms with Gasteiger partial charge in [0.05, 0.1) is 38.1 Å². The molecule has 0 spiro atoms. The number of hydrogen-bond acceptors (Lipinski definition) is 6. The maximum absolute atomic E-state index is 11.8. The van der Waals surface area contributed by atoms with E-state index in [9.17, 15) is 9.59 Å². The molecule has 1 fully saturated rings. The molecule has 2 aliphatic heterocycles. The van der Waals surface area contributed by atoms with Crippen LogP contribution >= 0.6 is 0 Å². The van der Waals surface area contributed by atoms with Crippen molar-refractivity contribution in [3.63, 3.8) is 0 Å². The smallest absolute Gasteiger partial charge is 0.337 e. The van der Waals surface area contributed by atoms with Gasteiger partial charge in [0.15, 0.2) is 6.29 Å². The van der Waals surface area contributed by atoms with Crippen LogP contribution in [0.3, 0.4) is 0 Å². The number of ether oxygens (including phenoxy) is 4. The van der Waals surface area contributed by atoms with E-state index in [1.807, 2.05) is 0 Å². The molecule has 0 N–H and O–H groups in total. The molecule has 0 aromatic rings. The second-order valence-corrected chi connectivity index (χ2v) is 4.63. The average Bonchev–Trinajstić information content (AvgIpc) is 2.91. The Labute approximate surface area is 111 Å². The molecule has 2 rings (SSSR count). The molecule has 2 aliphatic rings. The molecule has 2 heterocycles. The van der Waals surface area contributed by atoms with Crippen LogP contribution in [-0.2, 0) is 28.5 Å². The number of rotatable bonds is 4. The summed E-state index contributed by atoms with van der Waals surface area (Å²) < 4.78 is 20.8. The minimum atomic E-state index is -0.484. The summed E-state index contributed by atoms with van der Waals surface area (Å²) in [4.78, 5) is 23.0. The van der Waals surface area contributed by atoms with Gasteiger partial charge in [-0.3, -0.25) is 0 Å². The van der Waals surface area contributed by atoms with Crippen LogP contribution in [0.4, 0.5) is 0 Å². The Balaban J connectivity index is 2.18. The molecule has 0 unspecified atom stereocenters. The van der Waals surface area contributed by atoms with E-state index in [0.29, 0.717) is 25.2 Å².